The topological polar surface area (TPSA) is 69.7 Å². The first-order valence-corrected chi connectivity index (χ1v) is 10.3. The van der Waals surface area contributed by atoms with E-state index >= 15 is 0 Å². The normalized spacial score (nSPS) is 18.8. The van der Waals surface area contributed by atoms with Gasteiger partial charge in [0.15, 0.2) is 0 Å². The van der Waals surface area contributed by atoms with E-state index in [4.69, 9.17) is 0 Å². The summed E-state index contributed by atoms with van der Waals surface area (Å²) in [6, 6.07) is 5.39. The van der Waals surface area contributed by atoms with Crippen LogP contribution in [0, 0.1) is 5.92 Å². The monoisotopic (exact) mass is 351 g/mol. The van der Waals surface area contributed by atoms with E-state index in [0.29, 0.717) is 30.1 Å². The van der Waals surface area contributed by atoms with Gasteiger partial charge in [0.2, 0.25) is 10.0 Å². The van der Waals surface area contributed by atoms with Crippen LogP contribution in [0.3, 0.4) is 0 Å². The predicted octanol–water partition coefficient (Wildman–Crippen LogP) is 1.08. The van der Waals surface area contributed by atoms with Crippen molar-refractivity contribution in [1.29, 1.82) is 0 Å². The van der Waals surface area contributed by atoms with Gasteiger partial charge >= 0.3 is 0 Å². The average Bonchev–Trinajstić information content (AvgIpc) is 2.98. The summed E-state index contributed by atoms with van der Waals surface area (Å²) in [6.45, 7) is 3.04. The maximum absolute atomic E-state index is 12.7. The fraction of sp³-hybridized carbons (Fsp3) is 0.588. The molecule has 0 bridgehead atoms. The number of nitrogens with zero attached hydrogens (tertiary/aromatic N) is 2. The average molecular weight is 351 g/mol. The molecule has 1 fully saturated rings. The highest BCUT2D eigenvalue weighted by molar-refractivity contribution is 7.92. The molecule has 1 saturated heterocycles. The first kappa shape index (κ1) is 17.2. The molecule has 132 valence electrons. The third kappa shape index (κ3) is 3.42. The predicted molar refractivity (Wildman–Crippen MR) is 94.9 cm³/mol. The molecule has 0 unspecified atom stereocenters. The number of carbonyl (C=O) groups excluding carboxylic acids is 1. The lowest BCUT2D eigenvalue weighted by atomic mass is 9.96. The molecule has 7 heteroatoms. The Morgan fingerprint density at radius 3 is 2.58 bits per heavy atom. The zero-order valence-electron chi connectivity index (χ0n) is 14.3. The van der Waals surface area contributed by atoms with Crippen LogP contribution in [-0.4, -0.2) is 58.7 Å². The van der Waals surface area contributed by atoms with Crippen molar-refractivity contribution in [3.05, 3.63) is 29.3 Å². The van der Waals surface area contributed by atoms with Gasteiger partial charge in [-0.1, -0.05) is 0 Å². The van der Waals surface area contributed by atoms with Crippen LogP contribution < -0.4 is 9.62 Å². The Kier molecular flexibility index (Phi) is 4.83. The second kappa shape index (κ2) is 6.72. The summed E-state index contributed by atoms with van der Waals surface area (Å²) >= 11 is 0. The standard InChI is InChI=1S/C17H25N3O3S/c1-18-12-13-5-8-19(9-6-13)17(21)15-3-4-16-14(11-15)7-10-20(16)24(2,22)23/h3-4,11,13,18H,5-10,12H2,1-2H3. The van der Waals surface area contributed by atoms with E-state index in [1.807, 2.05) is 18.0 Å². The summed E-state index contributed by atoms with van der Waals surface area (Å²) in [6.07, 6.45) is 3.93. The van der Waals surface area contributed by atoms with E-state index in [1.165, 1.54) is 10.6 Å². The molecule has 0 spiro atoms. The van der Waals surface area contributed by atoms with Crippen LogP contribution in [0.4, 0.5) is 5.69 Å². The molecule has 1 aromatic carbocycles. The Balaban J connectivity index is 1.72. The molecule has 0 atom stereocenters. The number of fused-ring (bicyclic) bond motifs is 1. The van der Waals surface area contributed by atoms with Crippen LogP contribution in [0.2, 0.25) is 0 Å². The lowest BCUT2D eigenvalue weighted by Gasteiger charge is -2.32. The molecule has 3 rings (SSSR count). The number of hydrogen-bond acceptors (Lipinski definition) is 4. The van der Waals surface area contributed by atoms with Crippen molar-refractivity contribution in [3.8, 4) is 0 Å². The molecule has 2 aliphatic heterocycles. The van der Waals surface area contributed by atoms with Gasteiger partial charge in [0, 0.05) is 25.2 Å². The number of anilines is 1. The first-order valence-electron chi connectivity index (χ1n) is 8.44. The Morgan fingerprint density at radius 2 is 1.96 bits per heavy atom. The second-order valence-corrected chi connectivity index (χ2v) is 8.63. The number of likely N-dealkylation sites (tertiary alicyclic amines) is 1. The second-order valence-electron chi connectivity index (χ2n) is 6.72. The van der Waals surface area contributed by atoms with Crippen molar-refractivity contribution in [2.75, 3.05) is 43.8 Å². The molecule has 6 nitrogen and oxygen atoms in total. The van der Waals surface area contributed by atoms with Crippen LogP contribution in [0.5, 0.6) is 0 Å². The summed E-state index contributed by atoms with van der Waals surface area (Å²) in [5, 5.41) is 3.20. The number of benzene rings is 1. The van der Waals surface area contributed by atoms with Crippen LogP contribution in [0.1, 0.15) is 28.8 Å². The third-order valence-electron chi connectivity index (χ3n) is 4.97. The van der Waals surface area contributed by atoms with Gasteiger partial charge in [-0.15, -0.1) is 0 Å². The van der Waals surface area contributed by atoms with E-state index in [0.717, 1.165) is 38.0 Å². The van der Waals surface area contributed by atoms with Crippen molar-refractivity contribution >= 4 is 21.6 Å². The Morgan fingerprint density at radius 1 is 1.25 bits per heavy atom. The van der Waals surface area contributed by atoms with Gasteiger partial charge in [0.1, 0.15) is 0 Å². The summed E-state index contributed by atoms with van der Waals surface area (Å²) in [5.41, 5.74) is 2.31. The van der Waals surface area contributed by atoms with Gasteiger partial charge < -0.3 is 10.2 Å². The Labute approximate surface area is 143 Å². The highest BCUT2D eigenvalue weighted by Gasteiger charge is 2.28. The fourth-order valence-corrected chi connectivity index (χ4v) is 4.62. The Hall–Kier alpha value is -1.60. The number of sulfonamides is 1. The largest absolute Gasteiger partial charge is 0.339 e. The molecule has 0 saturated carbocycles. The number of amides is 1. The quantitative estimate of drug-likeness (QED) is 0.881. The summed E-state index contributed by atoms with van der Waals surface area (Å²) < 4.78 is 25.0. The highest BCUT2D eigenvalue weighted by Crippen LogP contribution is 2.31. The number of rotatable bonds is 4. The van der Waals surface area contributed by atoms with Crippen LogP contribution in [-0.2, 0) is 16.4 Å². The zero-order valence-corrected chi connectivity index (χ0v) is 15.1. The molecule has 1 N–H and O–H groups in total. The molecule has 0 aliphatic carbocycles. The molecule has 0 radical (unpaired) electrons. The van der Waals surface area contributed by atoms with Gasteiger partial charge in [-0.2, -0.15) is 0 Å². The van der Waals surface area contributed by atoms with Gasteiger partial charge in [0.25, 0.3) is 5.91 Å². The summed E-state index contributed by atoms with van der Waals surface area (Å²) in [5.74, 6) is 0.695. The van der Waals surface area contributed by atoms with E-state index < -0.39 is 10.0 Å². The van der Waals surface area contributed by atoms with E-state index in [1.54, 1.807) is 12.1 Å². The maximum atomic E-state index is 12.7. The molecular formula is C17H25N3O3S. The summed E-state index contributed by atoms with van der Waals surface area (Å²) in [7, 11) is -1.29. The number of carbonyl (C=O) groups is 1. The third-order valence-corrected chi connectivity index (χ3v) is 6.15. The zero-order chi connectivity index (χ0) is 17.3. The van der Waals surface area contributed by atoms with Crippen LogP contribution in [0.15, 0.2) is 18.2 Å². The SMILES string of the molecule is CNCC1CCN(C(=O)c2ccc3c(c2)CCN3S(C)(=O)=O)CC1. The minimum Gasteiger partial charge on any atom is -0.339 e. The minimum atomic E-state index is -3.25. The van der Waals surface area contributed by atoms with E-state index in [9.17, 15) is 13.2 Å². The smallest absolute Gasteiger partial charge is 0.253 e. The van der Waals surface area contributed by atoms with Crippen molar-refractivity contribution in [2.45, 2.75) is 19.3 Å². The number of hydrogen-bond donors (Lipinski definition) is 1. The van der Waals surface area contributed by atoms with Crippen LogP contribution >= 0.6 is 0 Å². The molecule has 1 aromatic rings. The first-order chi connectivity index (χ1) is 11.4. The molecular weight excluding hydrogens is 326 g/mol. The van der Waals surface area contributed by atoms with Gasteiger partial charge in [-0.25, -0.2) is 8.42 Å². The molecule has 1 amide bonds. The van der Waals surface area contributed by atoms with Crippen molar-refractivity contribution < 1.29 is 13.2 Å². The van der Waals surface area contributed by atoms with Gasteiger partial charge in [-0.05, 0) is 62.5 Å². The van der Waals surface area contributed by atoms with Crippen molar-refractivity contribution in [1.82, 2.24) is 10.2 Å². The van der Waals surface area contributed by atoms with Gasteiger partial charge in [-0.3, -0.25) is 9.10 Å². The summed E-state index contributed by atoms with van der Waals surface area (Å²) in [4.78, 5) is 14.6. The van der Waals surface area contributed by atoms with Crippen molar-refractivity contribution in [3.63, 3.8) is 0 Å². The van der Waals surface area contributed by atoms with Crippen molar-refractivity contribution in [2.24, 2.45) is 5.92 Å². The lowest BCUT2D eigenvalue weighted by molar-refractivity contribution is 0.0691. The van der Waals surface area contributed by atoms with E-state index in [-0.39, 0.29) is 5.91 Å². The maximum Gasteiger partial charge on any atom is 0.253 e. The number of nitrogens with one attached hydrogen (secondary N) is 1. The minimum absolute atomic E-state index is 0.0542. The molecule has 2 aliphatic rings. The highest BCUT2D eigenvalue weighted by atomic mass is 32.2. The van der Waals surface area contributed by atoms with E-state index in [2.05, 4.69) is 5.32 Å². The molecule has 24 heavy (non-hydrogen) atoms. The molecule has 0 aromatic heterocycles. The molecule has 2 heterocycles. The number of piperidine rings is 1. The lowest BCUT2D eigenvalue weighted by Crippen LogP contribution is -2.40. The Bertz CT molecular complexity index is 725. The fourth-order valence-electron chi connectivity index (χ4n) is 3.66. The van der Waals surface area contributed by atoms with Gasteiger partial charge in [0.05, 0.1) is 11.9 Å². The van der Waals surface area contributed by atoms with Crippen LogP contribution in [0.25, 0.3) is 0 Å².